The number of nitrogens with two attached hydrogens (primary N) is 1. The Morgan fingerprint density at radius 3 is 2.55 bits per heavy atom. The average molecular weight is 476 g/mol. The number of hydrogen-bond donors (Lipinski definition) is 2. The number of alkyl halides is 3. The molecule has 1 aliphatic heterocycles. The number of halogens is 4. The van der Waals surface area contributed by atoms with Gasteiger partial charge < -0.3 is 20.7 Å². The third-order valence-electron chi connectivity index (χ3n) is 4.35. The van der Waals surface area contributed by atoms with E-state index >= 15 is 0 Å². The van der Waals surface area contributed by atoms with Gasteiger partial charge in [-0.05, 0) is 42.8 Å². The maximum Gasteiger partial charge on any atom is 0.573 e. The lowest BCUT2D eigenvalue weighted by atomic mass is 10.1. The summed E-state index contributed by atoms with van der Waals surface area (Å²) in [5, 5.41) is 2.71. The minimum absolute atomic E-state index is 0. The monoisotopic (exact) mass is 475 g/mol. The normalized spacial score (nSPS) is 16.1. The predicted molar refractivity (Wildman–Crippen MR) is 115 cm³/mol. The SMILES string of the molecule is CCNC(=O)c1ccc2c(c1)N(Cc1ccc(OC(F)(F)F)cc1)C(=O)[C@@H](N)CS2.Cl. The molecule has 0 unspecified atom stereocenters. The van der Waals surface area contributed by atoms with Gasteiger partial charge in [0, 0.05) is 22.8 Å². The number of thioether (sulfide) groups is 1. The zero-order valence-electron chi connectivity index (χ0n) is 16.4. The fraction of sp³-hybridized carbons (Fsp3) is 0.300. The fourth-order valence-electron chi connectivity index (χ4n) is 2.97. The van der Waals surface area contributed by atoms with E-state index in [9.17, 15) is 22.8 Å². The molecular formula is C20H21ClF3N3O3S. The highest BCUT2D eigenvalue weighted by Gasteiger charge is 2.31. The second kappa shape index (κ2) is 10.3. The van der Waals surface area contributed by atoms with Crippen molar-refractivity contribution >= 4 is 41.7 Å². The summed E-state index contributed by atoms with van der Waals surface area (Å²) in [6.07, 6.45) is -4.78. The summed E-state index contributed by atoms with van der Waals surface area (Å²) in [4.78, 5) is 27.4. The van der Waals surface area contributed by atoms with E-state index in [1.54, 1.807) is 25.1 Å². The Balaban J connectivity index is 0.00000341. The molecule has 1 heterocycles. The number of fused-ring (bicyclic) bond motifs is 1. The number of rotatable bonds is 5. The van der Waals surface area contributed by atoms with Crippen LogP contribution >= 0.6 is 24.2 Å². The van der Waals surface area contributed by atoms with Crippen molar-refractivity contribution in [3.05, 3.63) is 53.6 Å². The Bertz CT molecular complexity index is 942. The molecule has 11 heteroatoms. The maximum atomic E-state index is 12.9. The van der Waals surface area contributed by atoms with Gasteiger partial charge in [0.05, 0.1) is 18.3 Å². The number of benzene rings is 2. The lowest BCUT2D eigenvalue weighted by molar-refractivity contribution is -0.274. The van der Waals surface area contributed by atoms with E-state index in [0.717, 1.165) is 4.90 Å². The van der Waals surface area contributed by atoms with Crippen LogP contribution in [0, 0.1) is 0 Å². The molecule has 0 bridgehead atoms. The van der Waals surface area contributed by atoms with Crippen LogP contribution in [0.25, 0.3) is 0 Å². The molecule has 2 aromatic rings. The molecule has 1 atom stereocenters. The van der Waals surface area contributed by atoms with Crippen molar-refractivity contribution in [1.82, 2.24) is 5.32 Å². The molecule has 168 valence electrons. The van der Waals surface area contributed by atoms with Gasteiger partial charge in [-0.3, -0.25) is 9.59 Å². The highest BCUT2D eigenvalue weighted by molar-refractivity contribution is 7.99. The van der Waals surface area contributed by atoms with Crippen LogP contribution in [0.15, 0.2) is 47.4 Å². The van der Waals surface area contributed by atoms with E-state index in [1.165, 1.54) is 40.9 Å². The summed E-state index contributed by atoms with van der Waals surface area (Å²) in [5.41, 5.74) is 7.53. The fourth-order valence-corrected chi connectivity index (χ4v) is 3.95. The van der Waals surface area contributed by atoms with Crippen molar-refractivity contribution in [1.29, 1.82) is 0 Å². The first-order valence-electron chi connectivity index (χ1n) is 9.14. The molecule has 0 fully saturated rings. The largest absolute Gasteiger partial charge is 0.573 e. The molecule has 0 aliphatic carbocycles. The average Bonchev–Trinajstić information content (AvgIpc) is 2.80. The predicted octanol–water partition coefficient (Wildman–Crippen LogP) is 3.72. The van der Waals surface area contributed by atoms with Crippen LogP contribution in [-0.2, 0) is 11.3 Å². The molecule has 3 N–H and O–H groups in total. The van der Waals surface area contributed by atoms with Crippen LogP contribution in [0.1, 0.15) is 22.8 Å². The summed E-state index contributed by atoms with van der Waals surface area (Å²) in [6.45, 7) is 2.36. The maximum absolute atomic E-state index is 12.9. The number of anilines is 1. The Morgan fingerprint density at radius 1 is 1.26 bits per heavy atom. The second-order valence-corrected chi connectivity index (χ2v) is 7.64. The smallest absolute Gasteiger partial charge is 0.406 e. The number of nitrogens with zero attached hydrogens (tertiary/aromatic N) is 1. The second-order valence-electron chi connectivity index (χ2n) is 6.58. The van der Waals surface area contributed by atoms with E-state index in [0.29, 0.717) is 29.1 Å². The van der Waals surface area contributed by atoms with Gasteiger partial charge >= 0.3 is 6.36 Å². The van der Waals surface area contributed by atoms with E-state index < -0.39 is 12.4 Å². The van der Waals surface area contributed by atoms with Gasteiger partial charge in [-0.25, -0.2) is 0 Å². The van der Waals surface area contributed by atoms with Crippen molar-refractivity contribution in [2.24, 2.45) is 5.73 Å². The first-order valence-corrected chi connectivity index (χ1v) is 10.1. The van der Waals surface area contributed by atoms with Crippen molar-refractivity contribution in [2.45, 2.75) is 30.8 Å². The summed E-state index contributed by atoms with van der Waals surface area (Å²) < 4.78 is 40.9. The van der Waals surface area contributed by atoms with Crippen molar-refractivity contribution in [2.75, 3.05) is 17.2 Å². The molecule has 2 aromatic carbocycles. The topological polar surface area (TPSA) is 84.7 Å². The molecule has 0 saturated carbocycles. The Morgan fingerprint density at radius 2 is 1.94 bits per heavy atom. The molecule has 3 rings (SSSR count). The highest BCUT2D eigenvalue weighted by Crippen LogP contribution is 2.36. The van der Waals surface area contributed by atoms with Crippen LogP contribution in [0.4, 0.5) is 18.9 Å². The molecule has 0 saturated heterocycles. The van der Waals surface area contributed by atoms with Gasteiger partial charge in [0.2, 0.25) is 5.91 Å². The first-order chi connectivity index (χ1) is 14.2. The molecular weight excluding hydrogens is 455 g/mol. The van der Waals surface area contributed by atoms with Gasteiger partial charge in [-0.15, -0.1) is 37.3 Å². The molecule has 6 nitrogen and oxygen atoms in total. The summed E-state index contributed by atoms with van der Waals surface area (Å²) in [5.74, 6) is -0.564. The quantitative estimate of drug-likeness (QED) is 0.688. The number of amides is 2. The van der Waals surface area contributed by atoms with Gasteiger partial charge in [0.15, 0.2) is 0 Å². The number of ether oxygens (including phenoxy) is 1. The molecule has 2 amide bonds. The van der Waals surface area contributed by atoms with Crippen LogP contribution in [0.3, 0.4) is 0 Å². The van der Waals surface area contributed by atoms with Crippen molar-refractivity contribution in [3.8, 4) is 5.75 Å². The zero-order chi connectivity index (χ0) is 21.9. The van der Waals surface area contributed by atoms with E-state index in [4.69, 9.17) is 5.73 Å². The van der Waals surface area contributed by atoms with Gasteiger partial charge in [0.25, 0.3) is 5.91 Å². The van der Waals surface area contributed by atoms with Gasteiger partial charge in [-0.2, -0.15) is 0 Å². The molecule has 0 radical (unpaired) electrons. The number of carbonyl (C=O) groups excluding carboxylic acids is 2. The van der Waals surface area contributed by atoms with Crippen LogP contribution < -0.4 is 20.7 Å². The minimum atomic E-state index is -4.78. The third kappa shape index (κ3) is 6.28. The Labute approximate surface area is 187 Å². The van der Waals surface area contributed by atoms with E-state index in [1.807, 2.05) is 0 Å². The number of carbonyl (C=O) groups is 2. The summed E-state index contributed by atoms with van der Waals surface area (Å²) in [7, 11) is 0. The molecule has 0 spiro atoms. The molecule has 31 heavy (non-hydrogen) atoms. The standard InChI is InChI=1S/C20H20F3N3O3S.ClH/c1-2-25-18(27)13-5-8-17-16(9-13)26(19(28)15(24)11-30-17)10-12-3-6-14(7-4-12)29-20(21,22)23;/h3-9,15H,2,10-11,24H2,1H3,(H,25,27);1H/t15-;/m0./s1. The molecule has 1 aliphatic rings. The zero-order valence-corrected chi connectivity index (χ0v) is 18.1. The first kappa shape index (κ1) is 24.8. The van der Waals surface area contributed by atoms with Gasteiger partial charge in [-0.1, -0.05) is 12.1 Å². The van der Waals surface area contributed by atoms with Crippen molar-refractivity contribution < 1.29 is 27.5 Å². The Kier molecular flexibility index (Phi) is 8.21. The minimum Gasteiger partial charge on any atom is -0.406 e. The third-order valence-corrected chi connectivity index (χ3v) is 5.53. The van der Waals surface area contributed by atoms with Crippen molar-refractivity contribution in [3.63, 3.8) is 0 Å². The van der Waals surface area contributed by atoms with E-state index in [2.05, 4.69) is 10.1 Å². The lowest BCUT2D eigenvalue weighted by Crippen LogP contribution is -2.44. The van der Waals surface area contributed by atoms with Crippen LogP contribution in [0.5, 0.6) is 5.75 Å². The molecule has 0 aromatic heterocycles. The lowest BCUT2D eigenvalue weighted by Gasteiger charge is -2.25. The summed E-state index contributed by atoms with van der Waals surface area (Å²) in [6, 6.07) is 9.60. The van der Waals surface area contributed by atoms with E-state index in [-0.39, 0.29) is 36.5 Å². The number of nitrogens with one attached hydrogen (secondary N) is 1. The van der Waals surface area contributed by atoms with Crippen LogP contribution in [-0.4, -0.2) is 36.5 Å². The number of hydrogen-bond acceptors (Lipinski definition) is 5. The van der Waals surface area contributed by atoms with Crippen LogP contribution in [0.2, 0.25) is 0 Å². The Hall–Kier alpha value is -2.43. The highest BCUT2D eigenvalue weighted by atomic mass is 35.5. The van der Waals surface area contributed by atoms with Gasteiger partial charge in [0.1, 0.15) is 5.75 Å². The summed E-state index contributed by atoms with van der Waals surface area (Å²) >= 11 is 1.41.